The third-order valence-corrected chi connectivity index (χ3v) is 4.79. The molecule has 2 atom stereocenters. The van der Waals surface area contributed by atoms with Gasteiger partial charge in [0.2, 0.25) is 0 Å². The Bertz CT molecular complexity index is 693. The zero-order chi connectivity index (χ0) is 15.6. The van der Waals surface area contributed by atoms with Crippen LogP contribution in [0.4, 0.5) is 10.5 Å². The second-order valence-electron chi connectivity index (χ2n) is 6.33. The van der Waals surface area contributed by atoms with Gasteiger partial charge in [0, 0.05) is 22.8 Å². The lowest BCUT2D eigenvalue weighted by Gasteiger charge is -2.27. The molecule has 4 rings (SSSR count). The average Bonchev–Trinajstić information content (AvgIpc) is 3.27. The Morgan fingerprint density at radius 1 is 1.22 bits per heavy atom. The molecule has 0 unspecified atom stereocenters. The molecule has 0 spiro atoms. The third kappa shape index (κ3) is 3.04. The fraction of sp³-hybridized carbons (Fsp3) is 0.471. The first-order chi connectivity index (χ1) is 11.3. The number of likely N-dealkylation sites (tertiary alicyclic amines) is 1. The number of hydrogen-bond acceptors (Lipinski definition) is 3. The van der Waals surface area contributed by atoms with Gasteiger partial charge in [0.15, 0.2) is 0 Å². The number of benzene rings is 1. The van der Waals surface area contributed by atoms with Crippen LogP contribution in [0.15, 0.2) is 30.5 Å². The first-order valence-electron chi connectivity index (χ1n) is 8.26. The highest BCUT2D eigenvalue weighted by Gasteiger charge is 2.35. The lowest BCUT2D eigenvalue weighted by Crippen LogP contribution is -2.51. The summed E-state index contributed by atoms with van der Waals surface area (Å²) in [5, 5.41) is 7.08. The van der Waals surface area contributed by atoms with Gasteiger partial charge >= 0.3 is 6.03 Å². The molecule has 1 aromatic carbocycles. The van der Waals surface area contributed by atoms with Crippen molar-refractivity contribution in [2.45, 2.75) is 24.9 Å². The van der Waals surface area contributed by atoms with Gasteiger partial charge in [0.25, 0.3) is 0 Å². The average molecular weight is 314 g/mol. The van der Waals surface area contributed by atoms with Gasteiger partial charge in [-0.3, -0.25) is 4.90 Å². The number of nitrogens with one attached hydrogen (secondary N) is 3. The van der Waals surface area contributed by atoms with Gasteiger partial charge in [-0.1, -0.05) is 0 Å². The zero-order valence-electron chi connectivity index (χ0n) is 13.0. The molecule has 0 saturated carbocycles. The molecule has 0 radical (unpaired) electrons. The highest BCUT2D eigenvalue weighted by Crippen LogP contribution is 2.20. The van der Waals surface area contributed by atoms with Crippen molar-refractivity contribution in [2.24, 2.45) is 0 Å². The van der Waals surface area contributed by atoms with E-state index in [2.05, 4.69) is 20.5 Å². The maximum Gasteiger partial charge on any atom is 0.319 e. The number of urea groups is 1. The number of rotatable bonds is 3. The molecule has 0 aliphatic carbocycles. The van der Waals surface area contributed by atoms with E-state index >= 15 is 0 Å². The smallest absolute Gasteiger partial charge is 0.319 e. The van der Waals surface area contributed by atoms with Gasteiger partial charge < -0.3 is 20.4 Å². The number of H-pyrrole nitrogens is 1. The second-order valence-corrected chi connectivity index (χ2v) is 6.33. The summed E-state index contributed by atoms with van der Waals surface area (Å²) >= 11 is 0. The largest absolute Gasteiger partial charge is 0.378 e. The van der Waals surface area contributed by atoms with Crippen LogP contribution in [0.2, 0.25) is 0 Å². The molecule has 2 aliphatic rings. The molecule has 2 aliphatic heterocycles. The van der Waals surface area contributed by atoms with Gasteiger partial charge in [0.05, 0.1) is 25.3 Å². The van der Waals surface area contributed by atoms with Crippen LogP contribution < -0.4 is 10.6 Å². The molecular formula is C17H22N4O2. The monoisotopic (exact) mass is 314 g/mol. The van der Waals surface area contributed by atoms with Crippen molar-refractivity contribution in [1.29, 1.82) is 0 Å². The van der Waals surface area contributed by atoms with E-state index in [9.17, 15) is 4.79 Å². The minimum absolute atomic E-state index is 0.0593. The van der Waals surface area contributed by atoms with Crippen molar-refractivity contribution in [3.05, 3.63) is 30.5 Å². The molecule has 2 fully saturated rings. The normalized spacial score (nSPS) is 25.0. The first kappa shape index (κ1) is 14.5. The van der Waals surface area contributed by atoms with Crippen molar-refractivity contribution in [1.82, 2.24) is 15.2 Å². The van der Waals surface area contributed by atoms with E-state index in [4.69, 9.17) is 4.74 Å². The summed E-state index contributed by atoms with van der Waals surface area (Å²) in [7, 11) is 0. The maximum absolute atomic E-state index is 12.3. The van der Waals surface area contributed by atoms with Crippen LogP contribution in [0.5, 0.6) is 0 Å². The first-order valence-corrected chi connectivity index (χ1v) is 8.26. The van der Waals surface area contributed by atoms with Gasteiger partial charge in [-0.25, -0.2) is 4.79 Å². The van der Waals surface area contributed by atoms with Gasteiger partial charge in [0.1, 0.15) is 0 Å². The zero-order valence-corrected chi connectivity index (χ0v) is 13.0. The number of anilines is 1. The van der Waals surface area contributed by atoms with E-state index in [0.29, 0.717) is 19.3 Å². The van der Waals surface area contributed by atoms with Crippen LogP contribution in [0.1, 0.15) is 12.8 Å². The maximum atomic E-state index is 12.3. The number of amides is 2. The second kappa shape index (κ2) is 6.22. The van der Waals surface area contributed by atoms with Crippen LogP contribution in [-0.2, 0) is 4.74 Å². The Kier molecular flexibility index (Phi) is 3.93. The van der Waals surface area contributed by atoms with Crippen LogP contribution in [0.3, 0.4) is 0 Å². The highest BCUT2D eigenvalue weighted by atomic mass is 16.5. The standard InChI is InChI=1S/C17H22N4O2/c22-17(19-13-3-4-14-12(9-13)5-6-18-14)20-15-10-23-11-16(15)21-7-1-2-8-21/h3-6,9,15-16,18H,1-2,7-8,10-11H2,(H2,19,20,22)/t15-,16-/m1/s1. The summed E-state index contributed by atoms with van der Waals surface area (Å²) in [5.74, 6) is 0. The number of carbonyl (C=O) groups excluding carboxylic acids is 1. The molecule has 2 aromatic rings. The van der Waals surface area contributed by atoms with Crippen molar-refractivity contribution < 1.29 is 9.53 Å². The fourth-order valence-corrected chi connectivity index (χ4v) is 3.58. The molecule has 1 aromatic heterocycles. The van der Waals surface area contributed by atoms with Crippen molar-refractivity contribution >= 4 is 22.6 Å². The molecular weight excluding hydrogens is 292 g/mol. The molecule has 6 heteroatoms. The lowest BCUT2D eigenvalue weighted by molar-refractivity contribution is 0.159. The number of nitrogens with zero attached hydrogens (tertiary/aromatic N) is 1. The van der Waals surface area contributed by atoms with Crippen molar-refractivity contribution in [3.8, 4) is 0 Å². The van der Waals surface area contributed by atoms with E-state index in [-0.39, 0.29) is 12.1 Å². The van der Waals surface area contributed by atoms with E-state index in [1.54, 1.807) is 0 Å². The summed E-state index contributed by atoms with van der Waals surface area (Å²) < 4.78 is 5.59. The molecule has 3 heterocycles. The molecule has 3 N–H and O–H groups in total. The Labute approximate surface area is 135 Å². The summed E-state index contributed by atoms with van der Waals surface area (Å²) in [6.45, 7) is 3.52. The van der Waals surface area contributed by atoms with Crippen LogP contribution in [0, 0.1) is 0 Å². The Morgan fingerprint density at radius 3 is 2.96 bits per heavy atom. The Morgan fingerprint density at radius 2 is 2.09 bits per heavy atom. The SMILES string of the molecule is O=C(Nc1ccc2[nH]ccc2c1)N[C@@H]1COC[C@H]1N1CCCC1. The van der Waals surface area contributed by atoms with Crippen LogP contribution in [0.25, 0.3) is 10.9 Å². The lowest BCUT2D eigenvalue weighted by atomic mass is 10.1. The number of fused-ring (bicyclic) bond motifs is 1. The van der Waals surface area contributed by atoms with Crippen molar-refractivity contribution in [2.75, 3.05) is 31.6 Å². The van der Waals surface area contributed by atoms with E-state index < -0.39 is 0 Å². The minimum Gasteiger partial charge on any atom is -0.378 e. The van der Waals surface area contributed by atoms with Crippen molar-refractivity contribution in [3.63, 3.8) is 0 Å². The summed E-state index contributed by atoms with van der Waals surface area (Å²) in [5.41, 5.74) is 1.86. The third-order valence-electron chi connectivity index (χ3n) is 4.79. The molecule has 122 valence electrons. The Balaban J connectivity index is 1.38. The topological polar surface area (TPSA) is 69.4 Å². The summed E-state index contributed by atoms with van der Waals surface area (Å²) in [4.78, 5) is 17.9. The molecule has 2 saturated heterocycles. The fourth-order valence-electron chi connectivity index (χ4n) is 3.58. The van der Waals surface area contributed by atoms with Gasteiger partial charge in [-0.05, 0) is 50.2 Å². The van der Waals surface area contributed by atoms with E-state index in [0.717, 1.165) is 29.7 Å². The predicted molar refractivity (Wildman–Crippen MR) is 89.7 cm³/mol. The number of ether oxygens (including phenoxy) is 1. The van der Waals surface area contributed by atoms with E-state index in [1.807, 2.05) is 30.5 Å². The van der Waals surface area contributed by atoms with E-state index in [1.165, 1.54) is 12.8 Å². The highest BCUT2D eigenvalue weighted by molar-refractivity contribution is 5.92. The summed E-state index contributed by atoms with van der Waals surface area (Å²) in [6.07, 6.45) is 4.38. The van der Waals surface area contributed by atoms with Crippen LogP contribution >= 0.6 is 0 Å². The Hall–Kier alpha value is -2.05. The minimum atomic E-state index is -0.167. The number of aromatic amines is 1. The number of aromatic nitrogens is 1. The van der Waals surface area contributed by atoms with Gasteiger partial charge in [-0.2, -0.15) is 0 Å². The van der Waals surface area contributed by atoms with Crippen LogP contribution in [-0.4, -0.2) is 54.3 Å². The molecule has 2 amide bonds. The molecule has 0 bridgehead atoms. The predicted octanol–water partition coefficient (Wildman–Crippen LogP) is 2.15. The van der Waals surface area contributed by atoms with Gasteiger partial charge in [-0.15, -0.1) is 0 Å². The molecule has 6 nitrogen and oxygen atoms in total. The number of hydrogen-bond donors (Lipinski definition) is 3. The summed E-state index contributed by atoms with van der Waals surface area (Å²) in [6, 6.07) is 8.03. The molecule has 23 heavy (non-hydrogen) atoms. The number of carbonyl (C=O) groups is 1. The quantitative estimate of drug-likeness (QED) is 0.813.